The van der Waals surface area contributed by atoms with Crippen molar-refractivity contribution < 1.29 is 42.4 Å². The molecule has 15 heteroatoms. The molecule has 0 aromatic heterocycles. The van der Waals surface area contributed by atoms with E-state index in [0.29, 0.717) is 16.4 Å². The number of carbonyl (C=O) groups excluding carboxylic acids is 3. The number of nitrogens with zero attached hydrogens (tertiary/aromatic N) is 1. The fraction of sp³-hybridized carbons (Fsp3) is 0.900. The molecule has 2 unspecified atom stereocenters. The molecule has 0 saturated carbocycles. The Labute approximate surface area is 410 Å². The predicted molar refractivity (Wildman–Crippen MR) is 276 cm³/mol. The van der Waals surface area contributed by atoms with Crippen LogP contribution < -0.4 is 5.32 Å². The van der Waals surface area contributed by atoms with Gasteiger partial charge in [-0.15, -0.1) is 11.8 Å². The van der Waals surface area contributed by atoms with Crippen molar-refractivity contribution in [1.29, 1.82) is 5.26 Å². The molecule has 0 bridgehead atoms. The predicted octanol–water partition coefficient (Wildman–Crippen LogP) is 15.0. The van der Waals surface area contributed by atoms with E-state index in [1.807, 2.05) is 6.92 Å². The number of ether oxygens (including phenoxy) is 2. The number of hydrogen-bond acceptors (Lipinski definition) is 12. The second-order valence-corrected chi connectivity index (χ2v) is 23.2. The van der Waals surface area contributed by atoms with Gasteiger partial charge in [-0.05, 0) is 31.9 Å². The largest absolute Gasteiger partial charge is 0.472 e. The van der Waals surface area contributed by atoms with Crippen LogP contribution in [0.2, 0.25) is 0 Å². The molecule has 0 fully saturated rings. The van der Waals surface area contributed by atoms with Crippen LogP contribution in [0.15, 0.2) is 0 Å². The molecule has 0 aromatic rings. The monoisotopic (exact) mass is 993 g/mol. The number of thiocarbonyl (C=S) groups is 1. The molecule has 0 aromatic carbocycles. The molecule has 11 nitrogen and oxygen atoms in total. The van der Waals surface area contributed by atoms with Gasteiger partial charge in [0, 0.05) is 25.8 Å². The fourth-order valence-corrected chi connectivity index (χ4v) is 11.0. The van der Waals surface area contributed by atoms with Crippen LogP contribution in [0.4, 0.5) is 0 Å². The lowest BCUT2D eigenvalue weighted by Gasteiger charge is -2.21. The van der Waals surface area contributed by atoms with Crippen molar-refractivity contribution in [3.63, 3.8) is 0 Å². The number of unbranched alkanes of at least 4 members (excludes halogenated alkanes) is 28. The van der Waals surface area contributed by atoms with Crippen LogP contribution in [-0.2, 0) is 37.5 Å². The number of phosphoric ester groups is 1. The summed E-state index contributed by atoms with van der Waals surface area (Å²) in [5.41, 5.74) is 0. The smallest absolute Gasteiger partial charge is 0.462 e. The van der Waals surface area contributed by atoms with Crippen LogP contribution in [0.1, 0.15) is 246 Å². The van der Waals surface area contributed by atoms with E-state index in [0.717, 1.165) is 44.3 Å². The topological polar surface area (TPSA) is 161 Å². The van der Waals surface area contributed by atoms with Crippen molar-refractivity contribution in [1.82, 2.24) is 5.32 Å². The average Bonchev–Trinajstić information content (AvgIpc) is 3.28. The van der Waals surface area contributed by atoms with Crippen LogP contribution in [0.25, 0.3) is 0 Å². The van der Waals surface area contributed by atoms with E-state index < -0.39 is 37.2 Å². The van der Waals surface area contributed by atoms with E-state index in [-0.39, 0.29) is 51.3 Å². The quantitative estimate of drug-likeness (QED) is 0.0257. The maximum Gasteiger partial charge on any atom is 0.472 e. The zero-order valence-corrected chi connectivity index (χ0v) is 44.8. The number of phosphoric acid groups is 1. The number of carbonyl (C=O) groups is 3. The minimum atomic E-state index is -4.61. The maximum atomic E-state index is 12.8. The third kappa shape index (κ3) is 43.8. The van der Waals surface area contributed by atoms with E-state index in [9.17, 15) is 29.1 Å². The molecule has 0 aliphatic heterocycles. The van der Waals surface area contributed by atoms with Gasteiger partial charge in [0.25, 0.3) is 0 Å². The Bertz CT molecular complexity index is 1290. The fourth-order valence-electron chi connectivity index (χ4n) is 7.37. The van der Waals surface area contributed by atoms with Crippen LogP contribution in [0.3, 0.4) is 0 Å². The van der Waals surface area contributed by atoms with Gasteiger partial charge in [0.05, 0.1) is 19.3 Å². The molecule has 0 aliphatic rings. The molecule has 0 spiro atoms. The summed E-state index contributed by atoms with van der Waals surface area (Å²) >= 11 is 8.05. The van der Waals surface area contributed by atoms with E-state index >= 15 is 0 Å². The van der Waals surface area contributed by atoms with Gasteiger partial charge in [-0.25, -0.2) is 4.57 Å². The summed E-state index contributed by atoms with van der Waals surface area (Å²) in [6.07, 6.45) is 36.4. The summed E-state index contributed by atoms with van der Waals surface area (Å²) in [6, 6.07) is 2.23. The number of esters is 2. The Morgan fingerprint density at radius 1 is 0.646 bits per heavy atom. The molecular weight excluding hydrogens is 900 g/mol. The second-order valence-electron chi connectivity index (χ2n) is 17.8. The first kappa shape index (κ1) is 63.8. The number of hydrogen-bond donors (Lipinski definition) is 2. The normalized spacial score (nSPS) is 13.7. The van der Waals surface area contributed by atoms with Crippen molar-refractivity contribution >= 4 is 64.9 Å². The minimum absolute atomic E-state index is 0.0638. The minimum Gasteiger partial charge on any atom is -0.462 e. The Balaban J connectivity index is 4.67. The summed E-state index contributed by atoms with van der Waals surface area (Å²) in [6.45, 7) is 7.01. The van der Waals surface area contributed by atoms with Gasteiger partial charge in [0.2, 0.25) is 5.91 Å². The van der Waals surface area contributed by atoms with E-state index in [4.69, 9.17) is 30.7 Å². The summed E-state index contributed by atoms with van der Waals surface area (Å²) in [5.74, 6) is -0.450. The first-order valence-corrected chi connectivity index (χ1v) is 29.6. The SMILES string of the molecule is CCCCCCCCCCCCCCCCCC(=O)OC[C@H](COP(=O)(O)OCCNC(=O)CCC(C)(C#N)SC(=S)SCC)OC(=O)CCCCCCCCCCCCCCCCC. The third-order valence-corrected chi connectivity index (χ3v) is 15.1. The lowest BCUT2D eigenvalue weighted by atomic mass is 10.0. The number of rotatable bonds is 47. The summed E-state index contributed by atoms with van der Waals surface area (Å²) in [5, 5.41) is 12.3. The standard InChI is InChI=1S/C50H93N2O9PS3/c1-5-8-10-12-14-16-18-20-22-24-26-28-30-32-34-36-47(54)58-42-45(61-48(55)37-35-33-31-29-27-25-23-21-19-17-15-13-11-9-6-2)43-60-62(56,57)59-41-40-52-46(53)38-39-50(4,44-51)65-49(63)64-7-3/h45H,5-43H2,1-4H3,(H,52,53)(H,56,57)/t45-,50?/m1/s1. The van der Waals surface area contributed by atoms with Crippen LogP contribution >= 0.6 is 43.6 Å². The van der Waals surface area contributed by atoms with Crippen molar-refractivity contribution in [2.45, 2.75) is 257 Å². The van der Waals surface area contributed by atoms with Crippen molar-refractivity contribution in [2.24, 2.45) is 0 Å². The van der Waals surface area contributed by atoms with Gasteiger partial charge >= 0.3 is 19.8 Å². The van der Waals surface area contributed by atoms with Crippen molar-refractivity contribution in [3.05, 3.63) is 0 Å². The molecule has 1 amide bonds. The zero-order valence-electron chi connectivity index (χ0n) is 41.5. The molecule has 380 valence electrons. The van der Waals surface area contributed by atoms with Gasteiger partial charge in [-0.1, -0.05) is 225 Å². The third-order valence-electron chi connectivity index (χ3n) is 11.4. The molecule has 3 atom stereocenters. The molecule has 0 radical (unpaired) electrons. The van der Waals surface area contributed by atoms with E-state index in [1.54, 1.807) is 6.92 Å². The van der Waals surface area contributed by atoms with Crippen LogP contribution in [-0.4, -0.2) is 69.2 Å². The maximum absolute atomic E-state index is 12.8. The van der Waals surface area contributed by atoms with Crippen LogP contribution in [0.5, 0.6) is 0 Å². The van der Waals surface area contributed by atoms with Gasteiger partial charge in [0.1, 0.15) is 14.9 Å². The Kier molecular flexibility index (Phi) is 44.4. The molecular formula is C50H93N2O9PS3. The van der Waals surface area contributed by atoms with Gasteiger partial charge in [-0.2, -0.15) is 5.26 Å². The van der Waals surface area contributed by atoms with Gasteiger partial charge in [0.15, 0.2) is 6.10 Å². The van der Waals surface area contributed by atoms with Crippen molar-refractivity contribution in [2.75, 3.05) is 32.1 Å². The molecule has 2 N–H and O–H groups in total. The molecule has 0 rings (SSSR count). The average molecular weight is 993 g/mol. The first-order valence-electron chi connectivity index (χ1n) is 25.9. The number of thioether (sulfide) groups is 2. The Morgan fingerprint density at radius 3 is 1.48 bits per heavy atom. The first-order chi connectivity index (χ1) is 31.4. The highest BCUT2D eigenvalue weighted by Crippen LogP contribution is 2.43. The lowest BCUT2D eigenvalue weighted by molar-refractivity contribution is -0.161. The molecule has 0 aliphatic carbocycles. The number of nitrogens with one attached hydrogen (secondary N) is 1. The Hall–Kier alpha value is -1.20. The van der Waals surface area contributed by atoms with Crippen molar-refractivity contribution in [3.8, 4) is 6.07 Å². The number of amides is 1. The second kappa shape index (κ2) is 45.3. The van der Waals surface area contributed by atoms with E-state index in [2.05, 4.69) is 25.2 Å². The highest BCUT2D eigenvalue weighted by Gasteiger charge is 2.29. The Morgan fingerprint density at radius 2 is 1.06 bits per heavy atom. The highest BCUT2D eigenvalue weighted by atomic mass is 32.2. The zero-order chi connectivity index (χ0) is 48.1. The highest BCUT2D eigenvalue weighted by molar-refractivity contribution is 8.47. The molecule has 0 saturated heterocycles. The van der Waals surface area contributed by atoms with Gasteiger partial charge < -0.3 is 19.7 Å². The summed E-state index contributed by atoms with van der Waals surface area (Å²) in [7, 11) is -4.61. The number of nitriles is 1. The molecule has 65 heavy (non-hydrogen) atoms. The van der Waals surface area contributed by atoms with Crippen LogP contribution in [0, 0.1) is 11.3 Å². The van der Waals surface area contributed by atoms with E-state index in [1.165, 1.54) is 165 Å². The molecule has 0 heterocycles. The summed E-state index contributed by atoms with van der Waals surface area (Å²) in [4.78, 5) is 48.3. The lowest BCUT2D eigenvalue weighted by Crippen LogP contribution is -2.30. The van der Waals surface area contributed by atoms with Gasteiger partial charge in [-0.3, -0.25) is 23.4 Å². The summed E-state index contributed by atoms with van der Waals surface area (Å²) < 4.78 is 33.8.